The molecule has 100 valence electrons. The first-order valence-corrected chi connectivity index (χ1v) is 6.39. The van der Waals surface area contributed by atoms with Gasteiger partial charge in [-0.25, -0.2) is 0 Å². The van der Waals surface area contributed by atoms with Crippen LogP contribution in [0.25, 0.3) is 0 Å². The zero-order valence-corrected chi connectivity index (χ0v) is 11.2. The van der Waals surface area contributed by atoms with E-state index in [1.165, 1.54) is 0 Å². The van der Waals surface area contributed by atoms with Gasteiger partial charge in [0, 0.05) is 6.04 Å². The summed E-state index contributed by atoms with van der Waals surface area (Å²) in [5, 5.41) is 3.41. The lowest BCUT2D eigenvalue weighted by Crippen LogP contribution is -2.46. The molecule has 0 amide bonds. The first-order chi connectivity index (χ1) is 8.78. The summed E-state index contributed by atoms with van der Waals surface area (Å²) in [6.07, 6.45) is 2.32. The normalized spacial score (nSPS) is 22.2. The maximum atomic E-state index is 5.98. The highest BCUT2D eigenvalue weighted by Crippen LogP contribution is 2.39. The Kier molecular flexibility index (Phi) is 4.31. The first kappa shape index (κ1) is 13.0. The maximum absolute atomic E-state index is 5.98. The lowest BCUT2D eigenvalue weighted by atomic mass is 9.89. The van der Waals surface area contributed by atoms with Crippen LogP contribution in [0, 0.1) is 0 Å². The monoisotopic (exact) mass is 251 g/mol. The van der Waals surface area contributed by atoms with Crippen LogP contribution >= 0.6 is 0 Å². The second-order valence-corrected chi connectivity index (χ2v) is 4.46. The van der Waals surface area contributed by atoms with Crippen molar-refractivity contribution in [3.8, 4) is 17.2 Å². The van der Waals surface area contributed by atoms with Gasteiger partial charge < -0.3 is 19.5 Å². The Hall–Kier alpha value is -1.42. The van der Waals surface area contributed by atoms with Gasteiger partial charge in [0.2, 0.25) is 5.75 Å². The summed E-state index contributed by atoms with van der Waals surface area (Å²) in [5.41, 5.74) is 0. The van der Waals surface area contributed by atoms with Crippen molar-refractivity contribution >= 4 is 0 Å². The molecular formula is C14H21NO3. The van der Waals surface area contributed by atoms with Crippen molar-refractivity contribution in [2.24, 2.45) is 0 Å². The second-order valence-electron chi connectivity index (χ2n) is 4.46. The van der Waals surface area contributed by atoms with Crippen LogP contribution in [0.4, 0.5) is 0 Å². The van der Waals surface area contributed by atoms with Gasteiger partial charge in [0.15, 0.2) is 11.5 Å². The lowest BCUT2D eigenvalue weighted by molar-refractivity contribution is 0.0798. The van der Waals surface area contributed by atoms with E-state index in [2.05, 4.69) is 12.2 Å². The topological polar surface area (TPSA) is 39.7 Å². The SMILES string of the molecule is CCNC1CC(Oc2c(OC)cccc2OC)C1. The van der Waals surface area contributed by atoms with Crippen LogP contribution in [-0.4, -0.2) is 32.9 Å². The molecule has 1 aromatic rings. The zero-order valence-electron chi connectivity index (χ0n) is 11.2. The molecule has 1 aliphatic carbocycles. The molecule has 0 heterocycles. The molecule has 0 bridgehead atoms. The van der Waals surface area contributed by atoms with Gasteiger partial charge in [-0.1, -0.05) is 13.0 Å². The van der Waals surface area contributed by atoms with Crippen molar-refractivity contribution in [1.29, 1.82) is 0 Å². The quantitative estimate of drug-likeness (QED) is 0.841. The van der Waals surface area contributed by atoms with Crippen LogP contribution in [0.2, 0.25) is 0 Å². The molecular weight excluding hydrogens is 230 g/mol. The molecule has 0 spiro atoms. The highest BCUT2D eigenvalue weighted by Gasteiger charge is 2.31. The number of nitrogens with one attached hydrogen (secondary N) is 1. The van der Waals surface area contributed by atoms with E-state index in [1.807, 2.05) is 18.2 Å². The number of hydrogen-bond acceptors (Lipinski definition) is 4. The van der Waals surface area contributed by atoms with Crippen LogP contribution in [0.5, 0.6) is 17.2 Å². The molecule has 0 radical (unpaired) electrons. The Morgan fingerprint density at radius 1 is 1.17 bits per heavy atom. The molecule has 1 aromatic carbocycles. The highest BCUT2D eigenvalue weighted by atomic mass is 16.5. The number of rotatable bonds is 6. The number of para-hydroxylation sites is 1. The molecule has 1 saturated carbocycles. The van der Waals surface area contributed by atoms with Crippen molar-refractivity contribution in [3.63, 3.8) is 0 Å². The van der Waals surface area contributed by atoms with Gasteiger partial charge in [-0.05, 0) is 31.5 Å². The second kappa shape index (κ2) is 5.96. The molecule has 4 heteroatoms. The molecule has 18 heavy (non-hydrogen) atoms. The van der Waals surface area contributed by atoms with Gasteiger partial charge in [-0.15, -0.1) is 0 Å². The molecule has 2 rings (SSSR count). The van der Waals surface area contributed by atoms with Crippen molar-refractivity contribution < 1.29 is 14.2 Å². The molecule has 1 aliphatic rings. The fourth-order valence-electron chi connectivity index (χ4n) is 2.22. The lowest BCUT2D eigenvalue weighted by Gasteiger charge is -2.36. The largest absolute Gasteiger partial charge is 0.493 e. The van der Waals surface area contributed by atoms with E-state index in [-0.39, 0.29) is 6.10 Å². The summed E-state index contributed by atoms with van der Waals surface area (Å²) in [6.45, 7) is 3.13. The summed E-state index contributed by atoms with van der Waals surface area (Å²) in [7, 11) is 3.29. The van der Waals surface area contributed by atoms with E-state index in [0.29, 0.717) is 11.8 Å². The van der Waals surface area contributed by atoms with E-state index >= 15 is 0 Å². The molecule has 0 saturated heterocycles. The minimum atomic E-state index is 0.249. The van der Waals surface area contributed by atoms with Gasteiger partial charge in [-0.2, -0.15) is 0 Å². The fourth-order valence-corrected chi connectivity index (χ4v) is 2.22. The molecule has 0 unspecified atom stereocenters. The molecule has 1 N–H and O–H groups in total. The summed E-state index contributed by atoms with van der Waals surface area (Å²) in [5.74, 6) is 2.16. The van der Waals surface area contributed by atoms with Gasteiger partial charge in [0.05, 0.1) is 14.2 Å². The Balaban J connectivity index is 2.01. The minimum Gasteiger partial charge on any atom is -0.493 e. The summed E-state index contributed by atoms with van der Waals surface area (Å²) in [6, 6.07) is 6.25. The molecule has 0 aliphatic heterocycles. The standard InChI is InChI=1S/C14H21NO3/c1-4-15-10-8-11(9-10)18-14-12(16-2)6-5-7-13(14)17-3/h5-7,10-11,15H,4,8-9H2,1-3H3. The Bertz CT molecular complexity index is 366. The Labute approximate surface area is 108 Å². The minimum absolute atomic E-state index is 0.249. The van der Waals surface area contributed by atoms with Crippen molar-refractivity contribution in [1.82, 2.24) is 5.32 Å². The van der Waals surface area contributed by atoms with Gasteiger partial charge in [0.25, 0.3) is 0 Å². The number of ether oxygens (including phenoxy) is 3. The third-order valence-electron chi connectivity index (χ3n) is 3.25. The predicted octanol–water partition coefficient (Wildman–Crippen LogP) is 2.22. The van der Waals surface area contributed by atoms with Crippen LogP contribution in [0.15, 0.2) is 18.2 Å². The van der Waals surface area contributed by atoms with Crippen molar-refractivity contribution in [3.05, 3.63) is 18.2 Å². The van der Waals surface area contributed by atoms with Gasteiger partial charge in [-0.3, -0.25) is 0 Å². The third-order valence-corrected chi connectivity index (χ3v) is 3.25. The van der Waals surface area contributed by atoms with E-state index in [4.69, 9.17) is 14.2 Å². The molecule has 0 atom stereocenters. The first-order valence-electron chi connectivity index (χ1n) is 6.39. The number of benzene rings is 1. The zero-order chi connectivity index (χ0) is 13.0. The van der Waals surface area contributed by atoms with Crippen molar-refractivity contribution in [2.45, 2.75) is 31.9 Å². The van der Waals surface area contributed by atoms with Gasteiger partial charge in [0.1, 0.15) is 6.10 Å². The number of hydrogen-bond donors (Lipinski definition) is 1. The smallest absolute Gasteiger partial charge is 0.203 e. The summed E-state index contributed by atoms with van der Waals surface area (Å²) >= 11 is 0. The number of methoxy groups -OCH3 is 2. The van der Waals surface area contributed by atoms with E-state index in [1.54, 1.807) is 14.2 Å². The average Bonchev–Trinajstić information content (AvgIpc) is 2.36. The molecule has 0 aromatic heterocycles. The summed E-state index contributed by atoms with van der Waals surface area (Å²) in [4.78, 5) is 0. The molecule has 4 nitrogen and oxygen atoms in total. The summed E-state index contributed by atoms with van der Waals surface area (Å²) < 4.78 is 16.6. The molecule has 1 fully saturated rings. The Morgan fingerprint density at radius 3 is 2.28 bits per heavy atom. The van der Waals surface area contributed by atoms with E-state index < -0.39 is 0 Å². The fraction of sp³-hybridized carbons (Fsp3) is 0.571. The maximum Gasteiger partial charge on any atom is 0.203 e. The van der Waals surface area contributed by atoms with Crippen LogP contribution in [0.1, 0.15) is 19.8 Å². The van der Waals surface area contributed by atoms with E-state index in [0.717, 1.165) is 30.9 Å². The van der Waals surface area contributed by atoms with Crippen LogP contribution < -0.4 is 19.5 Å². The predicted molar refractivity (Wildman–Crippen MR) is 70.7 cm³/mol. The van der Waals surface area contributed by atoms with E-state index in [9.17, 15) is 0 Å². The van der Waals surface area contributed by atoms with Gasteiger partial charge >= 0.3 is 0 Å². The average molecular weight is 251 g/mol. The van der Waals surface area contributed by atoms with Crippen molar-refractivity contribution in [2.75, 3.05) is 20.8 Å². The highest BCUT2D eigenvalue weighted by molar-refractivity contribution is 5.51. The Morgan fingerprint density at radius 2 is 1.78 bits per heavy atom. The third kappa shape index (κ3) is 2.70. The van der Waals surface area contributed by atoms with Crippen LogP contribution in [-0.2, 0) is 0 Å². The van der Waals surface area contributed by atoms with Crippen LogP contribution in [0.3, 0.4) is 0 Å².